The van der Waals surface area contributed by atoms with Crippen molar-refractivity contribution in [2.24, 2.45) is 5.73 Å². The summed E-state index contributed by atoms with van der Waals surface area (Å²) in [5, 5.41) is 0. The van der Waals surface area contributed by atoms with Crippen LogP contribution < -0.4 is 10.5 Å². The molecule has 2 N–H and O–H groups in total. The molecule has 1 heterocycles. The Morgan fingerprint density at radius 2 is 1.96 bits per heavy atom. The first-order valence-corrected chi connectivity index (χ1v) is 8.71. The van der Waals surface area contributed by atoms with Crippen LogP contribution >= 0.6 is 0 Å². The minimum atomic E-state index is -0.440. The van der Waals surface area contributed by atoms with E-state index in [0.29, 0.717) is 19.1 Å². The smallest absolute Gasteiger partial charge is 0.410 e. The molecule has 2 rings (SSSR count). The summed E-state index contributed by atoms with van der Waals surface area (Å²) in [6, 6.07) is 6.35. The molecule has 0 bridgehead atoms. The quantitative estimate of drug-likeness (QED) is 0.916. The maximum Gasteiger partial charge on any atom is 0.410 e. The van der Waals surface area contributed by atoms with E-state index >= 15 is 0 Å². The molecule has 1 fully saturated rings. The Hall–Kier alpha value is -1.75. The molecule has 0 atom stereocenters. The van der Waals surface area contributed by atoms with Gasteiger partial charge in [0.15, 0.2) is 0 Å². The van der Waals surface area contributed by atoms with Crippen molar-refractivity contribution < 1.29 is 14.3 Å². The lowest BCUT2D eigenvalue weighted by Gasteiger charge is -2.33. The van der Waals surface area contributed by atoms with Crippen molar-refractivity contribution >= 4 is 6.09 Å². The van der Waals surface area contributed by atoms with Gasteiger partial charge in [0.1, 0.15) is 18.0 Å². The van der Waals surface area contributed by atoms with Gasteiger partial charge >= 0.3 is 6.09 Å². The van der Waals surface area contributed by atoms with Crippen molar-refractivity contribution in [1.82, 2.24) is 4.90 Å². The molecule has 1 amide bonds. The standard InChI is InChI=1S/C19H30N2O3/c1-14-13-16(5-6-17(14)23-12-9-20)15-7-10-21(11-8-15)18(22)24-19(2,3)4/h5-6,13,15H,7-12,20H2,1-4H3. The number of hydrogen-bond acceptors (Lipinski definition) is 4. The SMILES string of the molecule is Cc1cc(C2CCN(C(=O)OC(C)(C)C)CC2)ccc1OCCN. The number of nitrogens with zero attached hydrogens (tertiary/aromatic N) is 1. The molecule has 0 saturated carbocycles. The molecule has 5 heteroatoms. The fourth-order valence-corrected chi connectivity index (χ4v) is 2.98. The number of ether oxygens (including phenoxy) is 2. The first kappa shape index (κ1) is 18.6. The molecule has 134 valence electrons. The number of rotatable bonds is 4. The van der Waals surface area contributed by atoms with E-state index in [1.165, 1.54) is 5.56 Å². The minimum Gasteiger partial charge on any atom is -0.492 e. The highest BCUT2D eigenvalue weighted by Gasteiger charge is 2.27. The normalized spacial score (nSPS) is 16.1. The van der Waals surface area contributed by atoms with E-state index in [1.54, 1.807) is 0 Å². The van der Waals surface area contributed by atoms with Crippen LogP contribution in [0.25, 0.3) is 0 Å². The van der Waals surface area contributed by atoms with Crippen molar-refractivity contribution in [1.29, 1.82) is 0 Å². The van der Waals surface area contributed by atoms with Gasteiger partial charge in [-0.25, -0.2) is 4.79 Å². The van der Waals surface area contributed by atoms with Crippen LogP contribution in [0.5, 0.6) is 5.75 Å². The zero-order valence-electron chi connectivity index (χ0n) is 15.3. The third kappa shape index (κ3) is 5.13. The Labute approximate surface area is 145 Å². The zero-order chi connectivity index (χ0) is 17.7. The Bertz CT molecular complexity index is 558. The van der Waals surface area contributed by atoms with Gasteiger partial charge in [-0.3, -0.25) is 0 Å². The molecule has 0 radical (unpaired) electrons. The van der Waals surface area contributed by atoms with Crippen LogP contribution in [-0.2, 0) is 4.74 Å². The van der Waals surface area contributed by atoms with Gasteiger partial charge in [-0.1, -0.05) is 12.1 Å². The lowest BCUT2D eigenvalue weighted by atomic mass is 9.88. The number of amides is 1. The first-order chi connectivity index (χ1) is 11.3. The summed E-state index contributed by atoms with van der Waals surface area (Å²) >= 11 is 0. The predicted molar refractivity (Wildman–Crippen MR) is 95.5 cm³/mol. The Balaban J connectivity index is 1.92. The van der Waals surface area contributed by atoms with Crippen molar-refractivity contribution in [2.75, 3.05) is 26.2 Å². The van der Waals surface area contributed by atoms with Crippen molar-refractivity contribution in [3.05, 3.63) is 29.3 Å². The highest BCUT2D eigenvalue weighted by molar-refractivity contribution is 5.68. The largest absolute Gasteiger partial charge is 0.492 e. The highest BCUT2D eigenvalue weighted by Crippen LogP contribution is 2.31. The van der Waals surface area contributed by atoms with Gasteiger partial charge in [0.25, 0.3) is 0 Å². The summed E-state index contributed by atoms with van der Waals surface area (Å²) in [6.45, 7) is 10.3. The summed E-state index contributed by atoms with van der Waals surface area (Å²) in [7, 11) is 0. The molecule has 1 aliphatic heterocycles. The second-order valence-electron chi connectivity index (χ2n) is 7.40. The number of benzene rings is 1. The number of piperidine rings is 1. The number of hydrogen-bond donors (Lipinski definition) is 1. The van der Waals surface area contributed by atoms with E-state index in [2.05, 4.69) is 19.1 Å². The fraction of sp³-hybridized carbons (Fsp3) is 0.632. The molecule has 0 unspecified atom stereocenters. The minimum absolute atomic E-state index is 0.206. The molecule has 1 aliphatic rings. The molecule has 24 heavy (non-hydrogen) atoms. The molecular formula is C19H30N2O3. The van der Waals surface area contributed by atoms with Gasteiger partial charge in [-0.05, 0) is 63.6 Å². The number of aryl methyl sites for hydroxylation is 1. The van der Waals surface area contributed by atoms with Gasteiger partial charge in [-0.2, -0.15) is 0 Å². The number of likely N-dealkylation sites (tertiary alicyclic amines) is 1. The number of carbonyl (C=O) groups excluding carboxylic acids is 1. The van der Waals surface area contributed by atoms with Gasteiger partial charge in [0.05, 0.1) is 0 Å². The number of nitrogens with two attached hydrogens (primary N) is 1. The van der Waals surface area contributed by atoms with Crippen LogP contribution in [0.3, 0.4) is 0 Å². The van der Waals surface area contributed by atoms with Gasteiger partial charge in [0.2, 0.25) is 0 Å². The molecule has 0 aromatic heterocycles. The van der Waals surface area contributed by atoms with Gasteiger partial charge in [-0.15, -0.1) is 0 Å². The molecule has 0 spiro atoms. The van der Waals surface area contributed by atoms with E-state index in [-0.39, 0.29) is 6.09 Å². The van der Waals surface area contributed by atoms with Crippen LogP contribution in [0.4, 0.5) is 4.79 Å². The third-order valence-corrected chi connectivity index (χ3v) is 4.19. The maximum atomic E-state index is 12.1. The van der Waals surface area contributed by atoms with Crippen LogP contribution in [0.15, 0.2) is 18.2 Å². The fourth-order valence-electron chi connectivity index (χ4n) is 2.98. The lowest BCUT2D eigenvalue weighted by Crippen LogP contribution is -2.41. The van der Waals surface area contributed by atoms with E-state index in [9.17, 15) is 4.79 Å². The first-order valence-electron chi connectivity index (χ1n) is 8.71. The summed E-state index contributed by atoms with van der Waals surface area (Å²) < 4.78 is 11.1. The molecule has 0 aliphatic carbocycles. The van der Waals surface area contributed by atoms with E-state index in [1.807, 2.05) is 31.7 Å². The van der Waals surface area contributed by atoms with E-state index in [0.717, 1.165) is 37.2 Å². The summed E-state index contributed by atoms with van der Waals surface area (Å²) in [5.74, 6) is 1.38. The molecule has 5 nitrogen and oxygen atoms in total. The van der Waals surface area contributed by atoms with Crippen molar-refractivity contribution in [2.45, 2.75) is 52.1 Å². The monoisotopic (exact) mass is 334 g/mol. The third-order valence-electron chi connectivity index (χ3n) is 4.19. The summed E-state index contributed by atoms with van der Waals surface area (Å²) in [6.07, 6.45) is 1.71. The Morgan fingerprint density at radius 3 is 2.50 bits per heavy atom. The van der Waals surface area contributed by atoms with Gasteiger partial charge < -0.3 is 20.1 Å². The molecular weight excluding hydrogens is 304 g/mol. The summed E-state index contributed by atoms with van der Waals surface area (Å²) in [4.78, 5) is 13.9. The predicted octanol–water partition coefficient (Wildman–Crippen LogP) is 3.45. The second kappa shape index (κ2) is 7.88. The topological polar surface area (TPSA) is 64.8 Å². The Kier molecular flexibility index (Phi) is 6.10. The Morgan fingerprint density at radius 1 is 1.29 bits per heavy atom. The maximum absolute atomic E-state index is 12.1. The number of carbonyl (C=O) groups is 1. The van der Waals surface area contributed by atoms with Crippen molar-refractivity contribution in [3.63, 3.8) is 0 Å². The van der Waals surface area contributed by atoms with Crippen molar-refractivity contribution in [3.8, 4) is 5.75 Å². The molecule has 1 saturated heterocycles. The van der Waals surface area contributed by atoms with Crippen LogP contribution in [0, 0.1) is 6.92 Å². The van der Waals surface area contributed by atoms with Crippen LogP contribution in [-0.4, -0.2) is 42.8 Å². The second-order valence-corrected chi connectivity index (χ2v) is 7.40. The lowest BCUT2D eigenvalue weighted by molar-refractivity contribution is 0.0205. The molecule has 1 aromatic carbocycles. The molecule has 1 aromatic rings. The van der Waals surface area contributed by atoms with E-state index < -0.39 is 5.60 Å². The van der Waals surface area contributed by atoms with E-state index in [4.69, 9.17) is 15.2 Å². The van der Waals surface area contributed by atoms with Crippen LogP contribution in [0.2, 0.25) is 0 Å². The van der Waals surface area contributed by atoms with Crippen LogP contribution in [0.1, 0.15) is 50.7 Å². The average molecular weight is 334 g/mol. The van der Waals surface area contributed by atoms with Gasteiger partial charge in [0, 0.05) is 19.6 Å². The zero-order valence-corrected chi connectivity index (χ0v) is 15.3. The summed E-state index contributed by atoms with van der Waals surface area (Å²) in [5.41, 5.74) is 7.49. The average Bonchev–Trinajstić information content (AvgIpc) is 2.52. The highest BCUT2D eigenvalue weighted by atomic mass is 16.6.